The number of rotatable bonds is 3. The highest BCUT2D eigenvalue weighted by Crippen LogP contribution is 2.28. The Hall–Kier alpha value is -2.95. The Labute approximate surface area is 152 Å². The third-order valence-electron chi connectivity index (χ3n) is 5.29. The van der Waals surface area contributed by atoms with Gasteiger partial charge in [-0.1, -0.05) is 42.5 Å². The Bertz CT molecular complexity index is 820. The Morgan fingerprint density at radius 1 is 0.846 bits per heavy atom. The van der Waals surface area contributed by atoms with Gasteiger partial charge in [-0.2, -0.15) is 0 Å². The number of likely N-dealkylation sites (tertiary alicyclic amines) is 1. The molecule has 0 saturated carbocycles. The number of fused-ring (bicyclic) bond motifs is 1. The maximum absolute atomic E-state index is 12.6. The molecule has 0 radical (unpaired) electrons. The van der Waals surface area contributed by atoms with Crippen LogP contribution in [0.3, 0.4) is 0 Å². The predicted molar refractivity (Wildman–Crippen MR) is 96.8 cm³/mol. The highest BCUT2D eigenvalue weighted by Gasteiger charge is 2.37. The van der Waals surface area contributed by atoms with Crippen molar-refractivity contribution in [1.82, 2.24) is 9.80 Å². The summed E-state index contributed by atoms with van der Waals surface area (Å²) in [7, 11) is 0. The number of imide groups is 1. The molecule has 1 fully saturated rings. The van der Waals surface area contributed by atoms with E-state index in [0.29, 0.717) is 30.1 Å². The van der Waals surface area contributed by atoms with Crippen LogP contribution in [0.2, 0.25) is 0 Å². The van der Waals surface area contributed by atoms with Crippen LogP contribution in [0.25, 0.3) is 0 Å². The van der Waals surface area contributed by atoms with Gasteiger partial charge in [0.15, 0.2) is 0 Å². The summed E-state index contributed by atoms with van der Waals surface area (Å²) in [4.78, 5) is 40.2. The van der Waals surface area contributed by atoms with E-state index in [2.05, 4.69) is 12.1 Å². The van der Waals surface area contributed by atoms with E-state index in [0.717, 1.165) is 17.7 Å². The second kappa shape index (κ2) is 6.75. The third kappa shape index (κ3) is 2.90. The zero-order valence-electron chi connectivity index (χ0n) is 14.4. The SMILES string of the molecule is O=C(CN1C(=O)c2ccccc2C1=O)N1CCC(c2ccccc2)CC1. The fraction of sp³-hybridized carbons (Fsp3) is 0.286. The molecule has 2 aromatic carbocycles. The molecule has 0 spiro atoms. The lowest BCUT2D eigenvalue weighted by molar-refractivity contribution is -0.132. The van der Waals surface area contributed by atoms with E-state index in [-0.39, 0.29) is 24.3 Å². The summed E-state index contributed by atoms with van der Waals surface area (Å²) in [5.74, 6) is -0.457. The van der Waals surface area contributed by atoms with E-state index in [1.807, 2.05) is 18.2 Å². The molecule has 26 heavy (non-hydrogen) atoms. The molecule has 0 aliphatic carbocycles. The molecular weight excluding hydrogens is 328 g/mol. The molecule has 3 amide bonds. The van der Waals surface area contributed by atoms with E-state index in [1.54, 1.807) is 29.2 Å². The molecule has 0 unspecified atom stereocenters. The van der Waals surface area contributed by atoms with Crippen molar-refractivity contribution in [2.24, 2.45) is 0 Å². The second-order valence-electron chi connectivity index (χ2n) is 6.81. The molecule has 2 aromatic rings. The van der Waals surface area contributed by atoms with E-state index in [1.165, 1.54) is 5.56 Å². The molecule has 0 bridgehead atoms. The number of benzene rings is 2. The van der Waals surface area contributed by atoms with Crippen LogP contribution in [0.4, 0.5) is 0 Å². The van der Waals surface area contributed by atoms with Crippen LogP contribution in [0.1, 0.15) is 45.0 Å². The lowest BCUT2D eigenvalue weighted by Crippen LogP contribution is -2.45. The Kier molecular flexibility index (Phi) is 4.29. The van der Waals surface area contributed by atoms with Crippen molar-refractivity contribution in [2.45, 2.75) is 18.8 Å². The average molecular weight is 348 g/mol. The summed E-state index contributed by atoms with van der Waals surface area (Å²) in [6.07, 6.45) is 1.80. The van der Waals surface area contributed by atoms with Crippen molar-refractivity contribution in [3.8, 4) is 0 Å². The van der Waals surface area contributed by atoms with Crippen LogP contribution in [-0.2, 0) is 4.79 Å². The number of nitrogens with zero attached hydrogens (tertiary/aromatic N) is 2. The van der Waals surface area contributed by atoms with Gasteiger partial charge in [0, 0.05) is 13.1 Å². The summed E-state index contributed by atoms with van der Waals surface area (Å²) in [6, 6.07) is 17.0. The fourth-order valence-electron chi connectivity index (χ4n) is 3.81. The molecule has 2 aliphatic heterocycles. The van der Waals surface area contributed by atoms with Crippen molar-refractivity contribution in [3.05, 3.63) is 71.3 Å². The van der Waals surface area contributed by atoms with E-state index in [4.69, 9.17) is 0 Å². The summed E-state index contributed by atoms with van der Waals surface area (Å²) in [5.41, 5.74) is 2.07. The fourth-order valence-corrected chi connectivity index (χ4v) is 3.81. The zero-order valence-corrected chi connectivity index (χ0v) is 14.4. The van der Waals surface area contributed by atoms with Gasteiger partial charge in [0.1, 0.15) is 6.54 Å². The van der Waals surface area contributed by atoms with Gasteiger partial charge in [0.05, 0.1) is 11.1 Å². The standard InChI is InChI=1S/C21H20N2O3/c24-19(14-23-20(25)17-8-4-5-9-18(17)21(23)26)22-12-10-16(11-13-22)15-6-2-1-3-7-15/h1-9,16H,10-14H2. The molecule has 0 aromatic heterocycles. The van der Waals surface area contributed by atoms with E-state index < -0.39 is 0 Å². The number of piperidine rings is 1. The molecule has 0 N–H and O–H groups in total. The first-order valence-electron chi connectivity index (χ1n) is 8.93. The summed E-state index contributed by atoms with van der Waals surface area (Å²) in [5, 5.41) is 0. The smallest absolute Gasteiger partial charge is 0.262 e. The maximum Gasteiger partial charge on any atom is 0.262 e. The maximum atomic E-state index is 12.6. The minimum absolute atomic E-state index is 0.161. The molecule has 5 heteroatoms. The Balaban J connectivity index is 1.38. The van der Waals surface area contributed by atoms with Gasteiger partial charge in [-0.3, -0.25) is 19.3 Å². The van der Waals surface area contributed by atoms with Crippen molar-refractivity contribution in [3.63, 3.8) is 0 Å². The first kappa shape index (κ1) is 16.5. The zero-order chi connectivity index (χ0) is 18.1. The third-order valence-corrected chi connectivity index (χ3v) is 5.29. The highest BCUT2D eigenvalue weighted by molar-refractivity contribution is 6.22. The lowest BCUT2D eigenvalue weighted by Gasteiger charge is -2.33. The van der Waals surface area contributed by atoms with Crippen LogP contribution < -0.4 is 0 Å². The van der Waals surface area contributed by atoms with Crippen LogP contribution in [0, 0.1) is 0 Å². The first-order chi connectivity index (χ1) is 12.6. The Morgan fingerprint density at radius 3 is 1.96 bits per heavy atom. The van der Waals surface area contributed by atoms with Gasteiger partial charge >= 0.3 is 0 Å². The number of amides is 3. The average Bonchev–Trinajstić information content (AvgIpc) is 2.94. The minimum Gasteiger partial charge on any atom is -0.341 e. The summed E-state index contributed by atoms with van der Waals surface area (Å²) in [6.45, 7) is 1.13. The van der Waals surface area contributed by atoms with Crippen molar-refractivity contribution >= 4 is 17.7 Å². The molecule has 2 heterocycles. The van der Waals surface area contributed by atoms with Crippen LogP contribution in [0.5, 0.6) is 0 Å². The van der Waals surface area contributed by atoms with Gasteiger partial charge in [-0.15, -0.1) is 0 Å². The van der Waals surface area contributed by atoms with E-state index >= 15 is 0 Å². The normalized spacial score (nSPS) is 17.5. The molecule has 5 nitrogen and oxygen atoms in total. The molecule has 4 rings (SSSR count). The van der Waals surface area contributed by atoms with Crippen LogP contribution in [0.15, 0.2) is 54.6 Å². The Morgan fingerprint density at radius 2 is 1.38 bits per heavy atom. The van der Waals surface area contributed by atoms with Crippen molar-refractivity contribution < 1.29 is 14.4 Å². The number of hydrogen-bond donors (Lipinski definition) is 0. The van der Waals surface area contributed by atoms with Crippen molar-refractivity contribution in [2.75, 3.05) is 19.6 Å². The minimum atomic E-state index is -0.377. The topological polar surface area (TPSA) is 57.7 Å². The molecule has 2 aliphatic rings. The summed E-state index contributed by atoms with van der Waals surface area (Å²) < 4.78 is 0. The van der Waals surface area contributed by atoms with Gasteiger partial charge in [0.2, 0.25) is 5.91 Å². The number of carbonyl (C=O) groups excluding carboxylic acids is 3. The van der Waals surface area contributed by atoms with Gasteiger partial charge < -0.3 is 4.90 Å². The first-order valence-corrected chi connectivity index (χ1v) is 8.93. The quantitative estimate of drug-likeness (QED) is 0.802. The van der Waals surface area contributed by atoms with Crippen molar-refractivity contribution in [1.29, 1.82) is 0 Å². The molecule has 0 atom stereocenters. The second-order valence-corrected chi connectivity index (χ2v) is 6.81. The predicted octanol–water partition coefficient (Wildman–Crippen LogP) is 2.69. The van der Waals surface area contributed by atoms with E-state index in [9.17, 15) is 14.4 Å². The molecule has 132 valence electrons. The van der Waals surface area contributed by atoms with Gasteiger partial charge in [-0.05, 0) is 36.5 Å². The molecule has 1 saturated heterocycles. The summed E-state index contributed by atoms with van der Waals surface area (Å²) >= 11 is 0. The molecular formula is C21H20N2O3. The number of carbonyl (C=O) groups is 3. The lowest BCUT2D eigenvalue weighted by atomic mass is 9.89. The number of hydrogen-bond acceptors (Lipinski definition) is 3. The monoisotopic (exact) mass is 348 g/mol. The van der Waals surface area contributed by atoms with Crippen LogP contribution in [-0.4, -0.2) is 47.2 Å². The van der Waals surface area contributed by atoms with Gasteiger partial charge in [-0.25, -0.2) is 0 Å². The van der Waals surface area contributed by atoms with Crippen LogP contribution >= 0.6 is 0 Å². The largest absolute Gasteiger partial charge is 0.341 e. The van der Waals surface area contributed by atoms with Gasteiger partial charge in [0.25, 0.3) is 11.8 Å². The highest BCUT2D eigenvalue weighted by atomic mass is 16.2.